The lowest BCUT2D eigenvalue weighted by Gasteiger charge is -2.09. The van der Waals surface area contributed by atoms with Gasteiger partial charge in [0, 0.05) is 5.70 Å². The van der Waals surface area contributed by atoms with Crippen LogP contribution >= 0.6 is 12.6 Å². The molecular weight excluding hydrogens is 158 g/mol. The predicted octanol–water partition coefficient (Wildman–Crippen LogP) is 1.88. The van der Waals surface area contributed by atoms with Gasteiger partial charge in [-0.1, -0.05) is 0 Å². The van der Waals surface area contributed by atoms with E-state index in [4.69, 9.17) is 10.8 Å². The fraction of sp³-hybridized carbons (Fsp3) is 0.250. The predicted molar refractivity (Wildman–Crippen MR) is 49.3 cm³/mol. The zero-order chi connectivity index (χ0) is 8.27. The van der Waals surface area contributed by atoms with E-state index >= 15 is 0 Å². The maximum absolute atomic E-state index is 9.10. The lowest BCUT2D eigenvalue weighted by molar-refractivity contribution is 0.425. The van der Waals surface area contributed by atoms with Crippen molar-refractivity contribution in [3.63, 3.8) is 0 Å². The zero-order valence-electron chi connectivity index (χ0n) is 6.12. The van der Waals surface area contributed by atoms with Crippen LogP contribution in [0.2, 0.25) is 0 Å². The van der Waals surface area contributed by atoms with Crippen LogP contribution in [0.3, 0.4) is 0 Å². The average Bonchev–Trinajstić information content (AvgIpc) is 2.03. The van der Waals surface area contributed by atoms with Crippen LogP contribution < -0.4 is 5.73 Å². The van der Waals surface area contributed by atoms with Crippen LogP contribution in [-0.4, -0.2) is 5.11 Å². The van der Waals surface area contributed by atoms with Gasteiger partial charge in [-0.2, -0.15) is 0 Å². The van der Waals surface area contributed by atoms with Crippen molar-refractivity contribution in [2.75, 3.05) is 0 Å². The molecule has 1 aliphatic rings. The van der Waals surface area contributed by atoms with E-state index in [0.29, 0.717) is 11.5 Å². The second-order valence-electron chi connectivity index (χ2n) is 2.42. The first-order valence-electron chi connectivity index (χ1n) is 3.44. The molecule has 0 fully saturated rings. The lowest BCUT2D eigenvalue weighted by atomic mass is 10.0. The molecule has 0 heterocycles. The first-order valence-corrected chi connectivity index (χ1v) is 3.95. The molecule has 3 heteroatoms. The number of nitrogens with two attached hydrogens (primary N) is 1. The Morgan fingerprint density at radius 1 is 1.73 bits per heavy atom. The normalized spacial score (nSPS) is 19.2. The first kappa shape index (κ1) is 8.27. The first-order chi connectivity index (χ1) is 5.24. The van der Waals surface area contributed by atoms with Gasteiger partial charge in [-0.05, 0) is 36.0 Å². The summed E-state index contributed by atoms with van der Waals surface area (Å²) < 4.78 is 0. The lowest BCUT2D eigenvalue weighted by Crippen LogP contribution is -2.03. The Labute approximate surface area is 71.5 Å². The summed E-state index contributed by atoms with van der Waals surface area (Å²) in [4.78, 5) is 0. The van der Waals surface area contributed by atoms with Crippen molar-refractivity contribution in [3.8, 4) is 0 Å². The quantitative estimate of drug-likeness (QED) is 0.525. The highest BCUT2D eigenvalue weighted by atomic mass is 32.1. The number of hydrogen-bond acceptors (Lipinski definition) is 3. The molecule has 0 saturated carbocycles. The van der Waals surface area contributed by atoms with Gasteiger partial charge in [0.2, 0.25) is 0 Å². The molecule has 1 rings (SSSR count). The van der Waals surface area contributed by atoms with Crippen LogP contribution in [0.4, 0.5) is 0 Å². The van der Waals surface area contributed by atoms with Crippen molar-refractivity contribution in [2.24, 2.45) is 5.73 Å². The molecule has 0 aromatic carbocycles. The van der Waals surface area contributed by atoms with Gasteiger partial charge in [0.15, 0.2) is 0 Å². The summed E-state index contributed by atoms with van der Waals surface area (Å²) in [6.45, 7) is 0. The SMILES string of the molecule is N/C(=C\S)C1=CC(O)=CCC1. The summed E-state index contributed by atoms with van der Waals surface area (Å²) in [5.41, 5.74) is 7.18. The Hall–Kier alpha value is -0.830. The zero-order valence-corrected chi connectivity index (χ0v) is 7.01. The summed E-state index contributed by atoms with van der Waals surface area (Å²) in [5.74, 6) is 0.296. The number of rotatable bonds is 1. The molecule has 0 aliphatic heterocycles. The van der Waals surface area contributed by atoms with Gasteiger partial charge >= 0.3 is 0 Å². The molecule has 60 valence electrons. The third-order valence-corrected chi connectivity index (χ3v) is 1.88. The Morgan fingerprint density at radius 2 is 2.45 bits per heavy atom. The number of hydrogen-bond donors (Lipinski definition) is 3. The topological polar surface area (TPSA) is 46.2 Å². The Kier molecular flexibility index (Phi) is 2.65. The summed E-state index contributed by atoms with van der Waals surface area (Å²) in [6.07, 6.45) is 5.17. The molecule has 3 N–H and O–H groups in total. The minimum atomic E-state index is 0.296. The van der Waals surface area contributed by atoms with E-state index in [1.807, 2.05) is 0 Å². The maximum atomic E-state index is 9.10. The third-order valence-electron chi connectivity index (χ3n) is 1.60. The molecule has 1 aliphatic carbocycles. The summed E-state index contributed by atoms with van der Waals surface area (Å²) >= 11 is 3.93. The second kappa shape index (κ2) is 3.53. The van der Waals surface area contributed by atoms with Gasteiger partial charge in [-0.25, -0.2) is 0 Å². The maximum Gasteiger partial charge on any atom is 0.111 e. The van der Waals surface area contributed by atoms with Crippen LogP contribution in [0.1, 0.15) is 12.8 Å². The van der Waals surface area contributed by atoms with Gasteiger partial charge < -0.3 is 10.8 Å². The molecule has 11 heavy (non-hydrogen) atoms. The second-order valence-corrected chi connectivity index (χ2v) is 2.68. The largest absolute Gasteiger partial charge is 0.508 e. The molecule has 0 aromatic rings. The minimum absolute atomic E-state index is 0.296. The van der Waals surface area contributed by atoms with Gasteiger partial charge in [0.1, 0.15) is 5.76 Å². The van der Waals surface area contributed by atoms with Crippen LogP contribution in [0.5, 0.6) is 0 Å². The highest BCUT2D eigenvalue weighted by Crippen LogP contribution is 2.19. The van der Waals surface area contributed by atoms with Gasteiger partial charge in [0.05, 0.1) is 0 Å². The number of aliphatic hydroxyl groups excluding tert-OH is 1. The summed E-state index contributed by atoms with van der Waals surface area (Å²) in [5, 5.41) is 10.6. The van der Waals surface area contributed by atoms with Crippen LogP contribution in [-0.2, 0) is 0 Å². The standard InChI is InChI=1S/C8H11NOS/c9-8(5-11)6-2-1-3-7(10)4-6/h3-5,10-11H,1-2,9H2/b8-5-. The van der Waals surface area contributed by atoms with Gasteiger partial charge in [-0.15, -0.1) is 12.6 Å². The molecule has 0 bridgehead atoms. The van der Waals surface area contributed by atoms with Crippen molar-refractivity contribution < 1.29 is 5.11 Å². The molecule has 2 nitrogen and oxygen atoms in total. The highest BCUT2D eigenvalue weighted by molar-refractivity contribution is 7.83. The summed E-state index contributed by atoms with van der Waals surface area (Å²) in [6, 6.07) is 0. The van der Waals surface area contributed by atoms with Crippen molar-refractivity contribution in [2.45, 2.75) is 12.8 Å². The van der Waals surface area contributed by atoms with E-state index in [0.717, 1.165) is 18.4 Å². The van der Waals surface area contributed by atoms with E-state index < -0.39 is 0 Å². The van der Waals surface area contributed by atoms with E-state index in [9.17, 15) is 0 Å². The monoisotopic (exact) mass is 169 g/mol. The van der Waals surface area contributed by atoms with Crippen molar-refractivity contribution >= 4 is 12.6 Å². The van der Waals surface area contributed by atoms with E-state index in [2.05, 4.69) is 12.6 Å². The van der Waals surface area contributed by atoms with Crippen molar-refractivity contribution in [1.29, 1.82) is 0 Å². The average molecular weight is 169 g/mol. The molecule has 0 unspecified atom stereocenters. The van der Waals surface area contributed by atoms with Crippen molar-refractivity contribution in [3.05, 3.63) is 34.6 Å². The fourth-order valence-electron chi connectivity index (χ4n) is 0.996. The van der Waals surface area contributed by atoms with Gasteiger partial charge in [0.25, 0.3) is 0 Å². The fourth-order valence-corrected chi connectivity index (χ4v) is 1.16. The molecule has 0 spiro atoms. The smallest absolute Gasteiger partial charge is 0.111 e. The van der Waals surface area contributed by atoms with E-state index in [-0.39, 0.29) is 0 Å². The van der Waals surface area contributed by atoms with Crippen LogP contribution in [0.25, 0.3) is 0 Å². The highest BCUT2D eigenvalue weighted by Gasteiger charge is 2.05. The number of aliphatic hydroxyl groups is 1. The molecule has 0 atom stereocenters. The third kappa shape index (κ3) is 2.05. The Morgan fingerprint density at radius 3 is 3.00 bits per heavy atom. The van der Waals surface area contributed by atoms with E-state index in [1.165, 1.54) is 0 Å². The molecular formula is C8H11NOS. The number of thiol groups is 1. The van der Waals surface area contributed by atoms with Crippen LogP contribution in [0, 0.1) is 0 Å². The molecule has 0 radical (unpaired) electrons. The van der Waals surface area contributed by atoms with E-state index in [1.54, 1.807) is 17.6 Å². The molecule has 0 saturated heterocycles. The van der Waals surface area contributed by atoms with Gasteiger partial charge in [-0.3, -0.25) is 0 Å². The van der Waals surface area contributed by atoms with Crippen LogP contribution in [0.15, 0.2) is 34.6 Å². The van der Waals surface area contributed by atoms with Crippen molar-refractivity contribution in [1.82, 2.24) is 0 Å². The molecule has 0 amide bonds. The summed E-state index contributed by atoms with van der Waals surface area (Å²) in [7, 11) is 0. The Bertz CT molecular complexity index is 240. The molecule has 0 aromatic heterocycles. The Balaban J connectivity index is 2.81. The minimum Gasteiger partial charge on any atom is -0.508 e. The number of allylic oxidation sites excluding steroid dienone is 3.